The topological polar surface area (TPSA) is 70.6 Å². The van der Waals surface area contributed by atoms with Crippen LogP contribution in [0.5, 0.6) is 0 Å². The van der Waals surface area contributed by atoms with E-state index in [1.54, 1.807) is 11.1 Å². The summed E-state index contributed by atoms with van der Waals surface area (Å²) in [5.74, 6) is 0.150. The van der Waals surface area contributed by atoms with Gasteiger partial charge in [0.15, 0.2) is 9.84 Å². The van der Waals surface area contributed by atoms with E-state index in [0.29, 0.717) is 19.6 Å². The van der Waals surface area contributed by atoms with Crippen LogP contribution in [0.25, 0.3) is 0 Å². The maximum absolute atomic E-state index is 12.4. The summed E-state index contributed by atoms with van der Waals surface area (Å²) in [4.78, 5) is 20.7. The van der Waals surface area contributed by atoms with Gasteiger partial charge >= 0.3 is 0 Å². The number of piperazine rings is 1. The molecule has 0 saturated carbocycles. The van der Waals surface area contributed by atoms with Crippen molar-refractivity contribution in [1.82, 2.24) is 14.8 Å². The number of fused-ring (bicyclic) bond motifs is 1. The van der Waals surface area contributed by atoms with E-state index in [9.17, 15) is 13.2 Å². The summed E-state index contributed by atoms with van der Waals surface area (Å²) in [5, 5.41) is 0. The minimum absolute atomic E-state index is 0.0505. The van der Waals surface area contributed by atoms with Gasteiger partial charge in [-0.1, -0.05) is 19.9 Å². The third-order valence-corrected chi connectivity index (χ3v) is 6.36. The number of carbonyl (C=O) groups is 1. The highest BCUT2D eigenvalue weighted by molar-refractivity contribution is 7.91. The molecule has 0 N–H and O–H groups in total. The van der Waals surface area contributed by atoms with Crippen LogP contribution >= 0.6 is 0 Å². The molecule has 0 bridgehead atoms. The Balaban J connectivity index is 1.82. The molecule has 1 aromatic rings. The lowest BCUT2D eigenvalue weighted by Crippen LogP contribution is -2.60. The van der Waals surface area contributed by atoms with Crippen molar-refractivity contribution in [2.24, 2.45) is 5.92 Å². The Labute approximate surface area is 137 Å². The summed E-state index contributed by atoms with van der Waals surface area (Å²) in [6, 6.07) is 5.39. The van der Waals surface area contributed by atoms with Crippen LogP contribution < -0.4 is 0 Å². The molecule has 1 amide bonds. The van der Waals surface area contributed by atoms with Crippen molar-refractivity contribution in [2.45, 2.75) is 32.5 Å². The number of hydrogen-bond acceptors (Lipinski definition) is 5. The van der Waals surface area contributed by atoms with E-state index in [1.165, 1.54) is 0 Å². The molecule has 2 atom stereocenters. The van der Waals surface area contributed by atoms with E-state index in [1.807, 2.05) is 32.0 Å². The zero-order valence-corrected chi connectivity index (χ0v) is 14.4. The molecule has 2 aliphatic rings. The lowest BCUT2D eigenvalue weighted by Gasteiger charge is -2.44. The van der Waals surface area contributed by atoms with E-state index in [-0.39, 0.29) is 35.4 Å². The summed E-state index contributed by atoms with van der Waals surface area (Å²) in [6.45, 7) is 5.62. The standard InChI is InChI=1S/C16H23N3O3S/c1-12(2)16(20)19-8-7-18(9-13-5-3-4-6-17-13)14-10-23(21,22)11-15(14)19/h3-6,12,14-15H,7-11H2,1-2H3. The van der Waals surface area contributed by atoms with E-state index in [2.05, 4.69) is 9.88 Å². The Morgan fingerprint density at radius 2 is 2.00 bits per heavy atom. The fraction of sp³-hybridized carbons (Fsp3) is 0.625. The molecule has 0 spiro atoms. The molecular weight excluding hydrogens is 314 g/mol. The first kappa shape index (κ1) is 16.4. The second-order valence-corrected chi connectivity index (χ2v) is 8.84. The number of aromatic nitrogens is 1. The van der Waals surface area contributed by atoms with Crippen molar-refractivity contribution in [3.63, 3.8) is 0 Å². The first-order valence-corrected chi connectivity index (χ1v) is 9.84. The first-order chi connectivity index (χ1) is 10.9. The molecule has 0 aromatic carbocycles. The summed E-state index contributed by atoms with van der Waals surface area (Å²) in [6.07, 6.45) is 1.75. The largest absolute Gasteiger partial charge is 0.336 e. The van der Waals surface area contributed by atoms with Crippen LogP contribution in [0.1, 0.15) is 19.5 Å². The predicted octanol–water partition coefficient (Wildman–Crippen LogP) is 0.547. The van der Waals surface area contributed by atoms with Gasteiger partial charge in [0.2, 0.25) is 5.91 Å². The van der Waals surface area contributed by atoms with Crippen molar-refractivity contribution in [3.8, 4) is 0 Å². The predicted molar refractivity (Wildman–Crippen MR) is 87.4 cm³/mol. The van der Waals surface area contributed by atoms with Gasteiger partial charge in [-0.25, -0.2) is 8.42 Å². The third-order valence-electron chi connectivity index (χ3n) is 4.66. The van der Waals surface area contributed by atoms with Gasteiger partial charge in [-0.15, -0.1) is 0 Å². The highest BCUT2D eigenvalue weighted by Crippen LogP contribution is 2.29. The van der Waals surface area contributed by atoms with Gasteiger partial charge in [0, 0.05) is 37.8 Å². The van der Waals surface area contributed by atoms with E-state index < -0.39 is 9.84 Å². The van der Waals surface area contributed by atoms with Gasteiger partial charge < -0.3 is 4.90 Å². The number of carbonyl (C=O) groups excluding carboxylic acids is 1. The summed E-state index contributed by atoms with van der Waals surface area (Å²) in [5.41, 5.74) is 0.930. The van der Waals surface area contributed by atoms with Gasteiger partial charge in [0.25, 0.3) is 0 Å². The van der Waals surface area contributed by atoms with Crippen molar-refractivity contribution in [2.75, 3.05) is 24.6 Å². The molecule has 6 nitrogen and oxygen atoms in total. The van der Waals surface area contributed by atoms with Crippen LogP contribution in [0, 0.1) is 5.92 Å². The Morgan fingerprint density at radius 3 is 2.65 bits per heavy atom. The molecule has 7 heteroatoms. The molecule has 23 heavy (non-hydrogen) atoms. The van der Waals surface area contributed by atoms with Crippen LogP contribution in [0.15, 0.2) is 24.4 Å². The molecule has 126 valence electrons. The SMILES string of the molecule is CC(C)C(=O)N1CCN(Cc2ccccn2)C2CS(=O)(=O)CC21. The van der Waals surface area contributed by atoms with Gasteiger partial charge in [-0.05, 0) is 12.1 Å². The number of amides is 1. The van der Waals surface area contributed by atoms with Crippen molar-refractivity contribution in [3.05, 3.63) is 30.1 Å². The van der Waals surface area contributed by atoms with Gasteiger partial charge in [0.05, 0.1) is 23.2 Å². The van der Waals surface area contributed by atoms with Gasteiger partial charge in [-0.2, -0.15) is 0 Å². The van der Waals surface area contributed by atoms with Crippen LogP contribution in [0.4, 0.5) is 0 Å². The molecule has 2 aliphatic heterocycles. The normalized spacial score (nSPS) is 27.2. The number of hydrogen-bond donors (Lipinski definition) is 0. The van der Waals surface area contributed by atoms with Crippen molar-refractivity contribution in [1.29, 1.82) is 0 Å². The number of rotatable bonds is 3. The minimum atomic E-state index is -3.10. The molecule has 0 radical (unpaired) electrons. The van der Waals surface area contributed by atoms with Gasteiger partial charge in [0.1, 0.15) is 0 Å². The smallest absolute Gasteiger partial charge is 0.225 e. The quantitative estimate of drug-likeness (QED) is 0.805. The lowest BCUT2D eigenvalue weighted by molar-refractivity contribution is -0.140. The van der Waals surface area contributed by atoms with Crippen LogP contribution in [-0.4, -0.2) is 65.8 Å². The number of sulfone groups is 1. The fourth-order valence-corrected chi connectivity index (χ4v) is 5.54. The maximum Gasteiger partial charge on any atom is 0.225 e. The number of pyridine rings is 1. The Kier molecular flexibility index (Phi) is 4.42. The molecule has 2 unspecified atom stereocenters. The third kappa shape index (κ3) is 3.40. The Bertz CT molecular complexity index is 675. The van der Waals surface area contributed by atoms with Crippen LogP contribution in [-0.2, 0) is 21.2 Å². The molecule has 0 aliphatic carbocycles. The molecule has 2 saturated heterocycles. The Hall–Kier alpha value is -1.47. The second-order valence-electron chi connectivity index (χ2n) is 6.69. The van der Waals surface area contributed by atoms with Crippen molar-refractivity contribution >= 4 is 15.7 Å². The average molecular weight is 337 g/mol. The Morgan fingerprint density at radius 1 is 1.26 bits per heavy atom. The second kappa shape index (κ2) is 6.20. The molecule has 2 fully saturated rings. The minimum Gasteiger partial charge on any atom is -0.336 e. The zero-order chi connectivity index (χ0) is 16.6. The first-order valence-electron chi connectivity index (χ1n) is 8.02. The van der Waals surface area contributed by atoms with Crippen LogP contribution in [0.2, 0.25) is 0 Å². The highest BCUT2D eigenvalue weighted by atomic mass is 32.2. The zero-order valence-electron chi connectivity index (χ0n) is 13.6. The lowest BCUT2D eigenvalue weighted by atomic mass is 10.0. The van der Waals surface area contributed by atoms with E-state index in [0.717, 1.165) is 5.69 Å². The summed E-state index contributed by atoms with van der Waals surface area (Å²) in [7, 11) is -3.10. The van der Waals surface area contributed by atoms with Gasteiger partial charge in [-0.3, -0.25) is 14.7 Å². The molecule has 3 heterocycles. The highest BCUT2D eigenvalue weighted by Gasteiger charge is 2.48. The number of nitrogens with zero attached hydrogens (tertiary/aromatic N) is 3. The fourth-order valence-electron chi connectivity index (χ4n) is 3.53. The molecule has 3 rings (SSSR count). The van der Waals surface area contributed by atoms with E-state index in [4.69, 9.17) is 0 Å². The molecule has 1 aromatic heterocycles. The average Bonchev–Trinajstić information content (AvgIpc) is 2.83. The monoisotopic (exact) mass is 337 g/mol. The van der Waals surface area contributed by atoms with Crippen LogP contribution in [0.3, 0.4) is 0 Å². The maximum atomic E-state index is 12.4. The van der Waals surface area contributed by atoms with Crippen molar-refractivity contribution < 1.29 is 13.2 Å². The molecular formula is C16H23N3O3S. The summed E-state index contributed by atoms with van der Waals surface area (Å²) >= 11 is 0. The van der Waals surface area contributed by atoms with E-state index >= 15 is 0 Å². The summed E-state index contributed by atoms with van der Waals surface area (Å²) < 4.78 is 24.3.